The normalized spacial score (nSPS) is 20.8. The molecular formula is C27H35N3O5. The Morgan fingerprint density at radius 2 is 1.86 bits per heavy atom. The van der Waals surface area contributed by atoms with Crippen LogP contribution in [0, 0.1) is 12.8 Å². The first-order chi connectivity index (χ1) is 16.9. The number of piperidine rings is 1. The number of likely N-dealkylation sites (tertiary alicyclic amines) is 2. The Hall–Kier alpha value is -3.29. The number of amides is 3. The van der Waals surface area contributed by atoms with E-state index in [2.05, 4.69) is 12.2 Å². The molecule has 4 rings (SSSR count). The van der Waals surface area contributed by atoms with Crippen LogP contribution in [-0.4, -0.2) is 60.3 Å². The van der Waals surface area contributed by atoms with Crippen molar-refractivity contribution < 1.29 is 23.5 Å². The van der Waals surface area contributed by atoms with Crippen molar-refractivity contribution in [2.24, 2.45) is 5.92 Å². The molecule has 0 aliphatic carbocycles. The van der Waals surface area contributed by atoms with Crippen LogP contribution in [0.4, 0.5) is 0 Å². The number of ether oxygens (including phenoxy) is 1. The summed E-state index contributed by atoms with van der Waals surface area (Å²) in [5.41, 5.74) is 1.76. The van der Waals surface area contributed by atoms with E-state index in [0.29, 0.717) is 38.2 Å². The molecule has 2 aromatic rings. The summed E-state index contributed by atoms with van der Waals surface area (Å²) in [4.78, 5) is 42.9. The fourth-order valence-electron chi connectivity index (χ4n) is 5.15. The maximum absolute atomic E-state index is 13.7. The van der Waals surface area contributed by atoms with Crippen LogP contribution >= 0.6 is 0 Å². The number of nitrogens with zero attached hydrogens (tertiary/aromatic N) is 2. The molecule has 3 amide bonds. The lowest BCUT2D eigenvalue weighted by molar-refractivity contribution is -0.137. The minimum Gasteiger partial charge on any atom is -0.497 e. The van der Waals surface area contributed by atoms with E-state index in [9.17, 15) is 14.4 Å². The number of methoxy groups -OCH3 is 1. The molecule has 1 aromatic heterocycles. The van der Waals surface area contributed by atoms with Gasteiger partial charge in [-0.3, -0.25) is 14.4 Å². The zero-order valence-corrected chi connectivity index (χ0v) is 20.8. The summed E-state index contributed by atoms with van der Waals surface area (Å²) >= 11 is 0. The Morgan fingerprint density at radius 1 is 1.14 bits per heavy atom. The molecule has 0 bridgehead atoms. The van der Waals surface area contributed by atoms with Crippen LogP contribution < -0.4 is 10.1 Å². The number of hydrogen-bond donors (Lipinski definition) is 1. The van der Waals surface area contributed by atoms with Gasteiger partial charge in [0.2, 0.25) is 11.8 Å². The molecule has 8 heteroatoms. The Kier molecular flexibility index (Phi) is 7.78. The van der Waals surface area contributed by atoms with Crippen molar-refractivity contribution in [1.82, 2.24) is 15.1 Å². The second-order valence-electron chi connectivity index (χ2n) is 9.48. The Labute approximate surface area is 206 Å². The average molecular weight is 482 g/mol. The maximum atomic E-state index is 13.7. The fourth-order valence-corrected chi connectivity index (χ4v) is 5.15. The van der Waals surface area contributed by atoms with Crippen molar-refractivity contribution in [3.8, 4) is 5.75 Å². The van der Waals surface area contributed by atoms with E-state index in [1.165, 1.54) is 6.26 Å². The lowest BCUT2D eigenvalue weighted by Crippen LogP contribution is -2.48. The van der Waals surface area contributed by atoms with E-state index in [1.54, 1.807) is 13.2 Å². The van der Waals surface area contributed by atoms with Gasteiger partial charge in [-0.25, -0.2) is 0 Å². The molecule has 2 aliphatic rings. The Balaban J connectivity index is 1.43. The SMILES string of the molecule is CCCCN1C(=O)CC(C(=O)N2CCC(NC(=O)c3occc3C)CC2)C1c1ccc(OC)cc1. The van der Waals surface area contributed by atoms with Gasteiger partial charge in [0.05, 0.1) is 25.3 Å². The van der Waals surface area contributed by atoms with Crippen LogP contribution in [-0.2, 0) is 9.59 Å². The van der Waals surface area contributed by atoms with Gasteiger partial charge in [-0.05, 0) is 49.9 Å². The summed E-state index contributed by atoms with van der Waals surface area (Å²) < 4.78 is 10.6. The minimum absolute atomic E-state index is 0.0142. The molecule has 0 saturated carbocycles. The zero-order valence-electron chi connectivity index (χ0n) is 20.8. The largest absolute Gasteiger partial charge is 0.497 e. The quantitative estimate of drug-likeness (QED) is 0.621. The van der Waals surface area contributed by atoms with Crippen molar-refractivity contribution in [2.75, 3.05) is 26.7 Å². The number of hydrogen-bond acceptors (Lipinski definition) is 5. The molecule has 188 valence electrons. The number of carbonyl (C=O) groups is 3. The average Bonchev–Trinajstić information content (AvgIpc) is 3.45. The molecule has 2 unspecified atom stereocenters. The topological polar surface area (TPSA) is 92.1 Å². The van der Waals surface area contributed by atoms with Crippen LogP contribution in [0.1, 0.15) is 66.8 Å². The number of aryl methyl sites for hydroxylation is 1. The molecule has 2 saturated heterocycles. The third kappa shape index (κ3) is 5.36. The molecule has 35 heavy (non-hydrogen) atoms. The standard InChI is InChI=1S/C27H35N3O5/c1-4-5-13-30-23(31)17-22(24(30)19-6-8-21(34-3)9-7-19)27(33)29-14-10-20(11-15-29)28-26(32)25-18(2)12-16-35-25/h6-9,12,16,20,22,24H,4-5,10-11,13-15,17H2,1-3H3,(H,28,32). The third-order valence-electron chi connectivity index (χ3n) is 7.17. The first kappa shape index (κ1) is 24.8. The molecule has 3 heterocycles. The summed E-state index contributed by atoms with van der Waals surface area (Å²) in [5.74, 6) is 0.505. The molecule has 2 aliphatic heterocycles. The molecule has 0 spiro atoms. The van der Waals surface area contributed by atoms with Crippen molar-refractivity contribution >= 4 is 17.7 Å². The van der Waals surface area contributed by atoms with Gasteiger partial charge in [-0.15, -0.1) is 0 Å². The molecule has 2 atom stereocenters. The maximum Gasteiger partial charge on any atom is 0.287 e. The summed E-state index contributed by atoms with van der Waals surface area (Å²) in [6.07, 6.45) is 4.97. The van der Waals surface area contributed by atoms with E-state index >= 15 is 0 Å². The highest BCUT2D eigenvalue weighted by Gasteiger charge is 2.46. The minimum atomic E-state index is -0.412. The highest BCUT2D eigenvalue weighted by atomic mass is 16.5. The van der Waals surface area contributed by atoms with Crippen molar-refractivity contribution in [2.45, 2.75) is 58.0 Å². The molecule has 2 fully saturated rings. The van der Waals surface area contributed by atoms with Gasteiger partial charge >= 0.3 is 0 Å². The van der Waals surface area contributed by atoms with Gasteiger partial charge in [-0.1, -0.05) is 25.5 Å². The van der Waals surface area contributed by atoms with Gasteiger partial charge in [0.25, 0.3) is 5.91 Å². The first-order valence-corrected chi connectivity index (χ1v) is 12.5. The fraction of sp³-hybridized carbons (Fsp3) is 0.519. The molecular weight excluding hydrogens is 446 g/mol. The smallest absolute Gasteiger partial charge is 0.287 e. The summed E-state index contributed by atoms with van der Waals surface area (Å²) in [7, 11) is 1.62. The highest BCUT2D eigenvalue weighted by Crippen LogP contribution is 2.40. The number of nitrogens with one attached hydrogen (secondary N) is 1. The highest BCUT2D eigenvalue weighted by molar-refractivity contribution is 5.93. The Morgan fingerprint density at radius 3 is 2.46 bits per heavy atom. The van der Waals surface area contributed by atoms with Crippen LogP contribution in [0.15, 0.2) is 41.0 Å². The van der Waals surface area contributed by atoms with Crippen molar-refractivity contribution in [1.29, 1.82) is 0 Å². The van der Waals surface area contributed by atoms with Gasteiger partial charge < -0.3 is 24.3 Å². The number of furan rings is 1. The lowest BCUT2D eigenvalue weighted by Gasteiger charge is -2.36. The van der Waals surface area contributed by atoms with Crippen molar-refractivity contribution in [3.63, 3.8) is 0 Å². The Bertz CT molecular complexity index is 1040. The van der Waals surface area contributed by atoms with Gasteiger partial charge in [0, 0.05) is 37.7 Å². The second kappa shape index (κ2) is 11.0. The van der Waals surface area contributed by atoms with Gasteiger partial charge in [0.1, 0.15) is 5.75 Å². The van der Waals surface area contributed by atoms with E-state index in [-0.39, 0.29) is 36.2 Å². The summed E-state index contributed by atoms with van der Waals surface area (Å²) in [6, 6.07) is 9.16. The molecule has 1 N–H and O–H groups in total. The number of unbranched alkanes of at least 4 members (excludes halogenated alkanes) is 1. The molecule has 1 aromatic carbocycles. The van der Waals surface area contributed by atoms with Crippen LogP contribution in [0.5, 0.6) is 5.75 Å². The number of rotatable bonds is 8. The van der Waals surface area contributed by atoms with Gasteiger partial charge in [-0.2, -0.15) is 0 Å². The number of carbonyl (C=O) groups excluding carboxylic acids is 3. The molecule has 8 nitrogen and oxygen atoms in total. The monoisotopic (exact) mass is 481 g/mol. The second-order valence-corrected chi connectivity index (χ2v) is 9.48. The predicted molar refractivity (Wildman–Crippen MR) is 131 cm³/mol. The first-order valence-electron chi connectivity index (χ1n) is 12.5. The predicted octanol–water partition coefficient (Wildman–Crippen LogP) is 3.71. The van der Waals surface area contributed by atoms with Crippen molar-refractivity contribution in [3.05, 3.63) is 53.5 Å². The van der Waals surface area contributed by atoms with E-state index in [4.69, 9.17) is 9.15 Å². The van der Waals surface area contributed by atoms with Crippen LogP contribution in [0.3, 0.4) is 0 Å². The van der Waals surface area contributed by atoms with Crippen LogP contribution in [0.25, 0.3) is 0 Å². The van der Waals surface area contributed by atoms with E-state index < -0.39 is 5.92 Å². The summed E-state index contributed by atoms with van der Waals surface area (Å²) in [6.45, 7) is 5.69. The van der Waals surface area contributed by atoms with Gasteiger partial charge in [0.15, 0.2) is 5.76 Å². The molecule has 0 radical (unpaired) electrons. The van der Waals surface area contributed by atoms with Crippen LogP contribution in [0.2, 0.25) is 0 Å². The van der Waals surface area contributed by atoms with E-state index in [1.807, 2.05) is 41.0 Å². The lowest BCUT2D eigenvalue weighted by atomic mass is 9.91. The van der Waals surface area contributed by atoms with E-state index in [0.717, 1.165) is 29.7 Å². The number of benzene rings is 1. The summed E-state index contributed by atoms with van der Waals surface area (Å²) in [5, 5.41) is 3.03. The third-order valence-corrected chi connectivity index (χ3v) is 7.17. The zero-order chi connectivity index (χ0) is 24.9.